The summed E-state index contributed by atoms with van der Waals surface area (Å²) in [5.41, 5.74) is 3.58. The van der Waals surface area contributed by atoms with Gasteiger partial charge in [-0.05, 0) is 75.8 Å². The van der Waals surface area contributed by atoms with E-state index in [0.29, 0.717) is 0 Å². The molecular formula is C16H15IN6O. The second-order valence-corrected chi connectivity index (χ2v) is 6.30. The molecule has 0 atom stereocenters. The van der Waals surface area contributed by atoms with Crippen molar-refractivity contribution in [1.82, 2.24) is 20.2 Å². The lowest BCUT2D eigenvalue weighted by Crippen LogP contribution is -2.22. The van der Waals surface area contributed by atoms with E-state index in [-0.39, 0.29) is 12.5 Å². The van der Waals surface area contributed by atoms with E-state index >= 15 is 0 Å². The first-order valence-corrected chi connectivity index (χ1v) is 8.33. The van der Waals surface area contributed by atoms with E-state index in [1.807, 2.05) is 49.4 Å². The number of hydrogen-bond donors (Lipinski definition) is 2. The van der Waals surface area contributed by atoms with Gasteiger partial charge in [-0.25, -0.2) is 4.68 Å². The molecule has 0 aliphatic heterocycles. The standard InChI is InChI=1S/C16H15IN6O/c1-11-8-12(6-7-15(11)23-10-19-21-22-23)18-9-16(24)20-14-5-3-2-4-13(14)17/h2-8,10,18H,9H2,1H3,(H,20,24). The molecule has 3 rings (SSSR count). The third-order valence-electron chi connectivity index (χ3n) is 3.39. The molecule has 1 aromatic heterocycles. The number of para-hydroxylation sites is 1. The van der Waals surface area contributed by atoms with Crippen LogP contribution in [-0.4, -0.2) is 32.7 Å². The van der Waals surface area contributed by atoms with Gasteiger partial charge in [0.2, 0.25) is 5.91 Å². The number of aryl methyl sites for hydroxylation is 1. The molecule has 0 saturated heterocycles. The van der Waals surface area contributed by atoms with Crippen molar-refractivity contribution in [1.29, 1.82) is 0 Å². The van der Waals surface area contributed by atoms with Crippen LogP contribution in [-0.2, 0) is 4.79 Å². The van der Waals surface area contributed by atoms with Gasteiger partial charge < -0.3 is 10.6 Å². The van der Waals surface area contributed by atoms with E-state index in [4.69, 9.17) is 0 Å². The Hall–Kier alpha value is -2.49. The summed E-state index contributed by atoms with van der Waals surface area (Å²) in [4.78, 5) is 12.1. The third-order valence-corrected chi connectivity index (χ3v) is 4.33. The highest BCUT2D eigenvalue weighted by Gasteiger charge is 2.07. The Balaban J connectivity index is 1.61. The molecule has 0 fully saturated rings. The number of benzene rings is 2. The molecule has 0 bridgehead atoms. The quantitative estimate of drug-likeness (QED) is 0.604. The molecule has 0 aliphatic carbocycles. The molecular weight excluding hydrogens is 419 g/mol. The summed E-state index contributed by atoms with van der Waals surface area (Å²) in [6.07, 6.45) is 1.55. The SMILES string of the molecule is Cc1cc(NCC(=O)Nc2ccccc2I)ccc1-n1cnnn1. The zero-order chi connectivity index (χ0) is 16.9. The predicted molar refractivity (Wildman–Crippen MR) is 100 cm³/mol. The van der Waals surface area contributed by atoms with E-state index in [1.54, 1.807) is 11.0 Å². The topological polar surface area (TPSA) is 84.7 Å². The Kier molecular flexibility index (Phi) is 5.04. The molecule has 8 heteroatoms. The molecule has 0 unspecified atom stereocenters. The van der Waals surface area contributed by atoms with Crippen LogP contribution in [0, 0.1) is 10.5 Å². The lowest BCUT2D eigenvalue weighted by molar-refractivity contribution is -0.114. The van der Waals surface area contributed by atoms with E-state index in [2.05, 4.69) is 48.7 Å². The maximum atomic E-state index is 12.1. The van der Waals surface area contributed by atoms with Crippen molar-refractivity contribution in [2.24, 2.45) is 0 Å². The molecule has 2 N–H and O–H groups in total. The Morgan fingerprint density at radius 1 is 1.25 bits per heavy atom. The van der Waals surface area contributed by atoms with E-state index in [1.165, 1.54) is 0 Å². The Morgan fingerprint density at radius 3 is 2.79 bits per heavy atom. The van der Waals surface area contributed by atoms with Crippen LogP contribution in [0.2, 0.25) is 0 Å². The van der Waals surface area contributed by atoms with Crippen LogP contribution < -0.4 is 10.6 Å². The molecule has 1 amide bonds. The number of hydrogen-bond acceptors (Lipinski definition) is 5. The van der Waals surface area contributed by atoms with Crippen LogP contribution >= 0.6 is 22.6 Å². The number of nitrogens with zero attached hydrogens (tertiary/aromatic N) is 4. The minimum absolute atomic E-state index is 0.0960. The van der Waals surface area contributed by atoms with Crippen molar-refractivity contribution in [3.63, 3.8) is 0 Å². The smallest absolute Gasteiger partial charge is 0.243 e. The Bertz CT molecular complexity index is 850. The minimum Gasteiger partial charge on any atom is -0.376 e. The first kappa shape index (κ1) is 16.4. The molecule has 122 valence electrons. The van der Waals surface area contributed by atoms with Crippen LogP contribution in [0.4, 0.5) is 11.4 Å². The van der Waals surface area contributed by atoms with Gasteiger partial charge in [0.25, 0.3) is 0 Å². The fourth-order valence-corrected chi connectivity index (χ4v) is 2.76. The average Bonchev–Trinajstić information content (AvgIpc) is 3.09. The van der Waals surface area contributed by atoms with Crippen molar-refractivity contribution in [2.75, 3.05) is 17.2 Å². The molecule has 0 radical (unpaired) electrons. The molecule has 2 aromatic carbocycles. The monoisotopic (exact) mass is 434 g/mol. The fraction of sp³-hybridized carbons (Fsp3) is 0.125. The summed E-state index contributed by atoms with van der Waals surface area (Å²) in [5, 5.41) is 17.2. The summed E-state index contributed by atoms with van der Waals surface area (Å²) in [6.45, 7) is 2.16. The van der Waals surface area contributed by atoms with Gasteiger partial charge in [0.15, 0.2) is 0 Å². The number of nitrogens with one attached hydrogen (secondary N) is 2. The molecule has 0 saturated carbocycles. The number of rotatable bonds is 5. The Labute approximate surface area is 152 Å². The Morgan fingerprint density at radius 2 is 2.08 bits per heavy atom. The highest BCUT2D eigenvalue weighted by molar-refractivity contribution is 14.1. The molecule has 3 aromatic rings. The summed E-state index contributed by atoms with van der Waals surface area (Å²) >= 11 is 2.19. The van der Waals surface area contributed by atoms with Crippen molar-refractivity contribution in [2.45, 2.75) is 6.92 Å². The number of carbonyl (C=O) groups is 1. The second kappa shape index (κ2) is 7.39. The van der Waals surface area contributed by atoms with Gasteiger partial charge in [-0.3, -0.25) is 4.79 Å². The molecule has 0 spiro atoms. The summed E-state index contributed by atoms with van der Waals surface area (Å²) < 4.78 is 2.61. The van der Waals surface area contributed by atoms with Gasteiger partial charge in [-0.1, -0.05) is 12.1 Å². The summed E-state index contributed by atoms with van der Waals surface area (Å²) in [5.74, 6) is -0.0960. The third kappa shape index (κ3) is 3.88. The van der Waals surface area contributed by atoms with Gasteiger partial charge in [0.05, 0.1) is 17.9 Å². The average molecular weight is 434 g/mol. The van der Waals surface area contributed by atoms with Crippen molar-refractivity contribution in [3.05, 3.63) is 57.9 Å². The van der Waals surface area contributed by atoms with Gasteiger partial charge in [-0.15, -0.1) is 5.10 Å². The lowest BCUT2D eigenvalue weighted by Gasteiger charge is -2.11. The number of anilines is 2. The largest absolute Gasteiger partial charge is 0.376 e. The first-order valence-electron chi connectivity index (χ1n) is 7.26. The molecule has 7 nitrogen and oxygen atoms in total. The van der Waals surface area contributed by atoms with Crippen LogP contribution in [0.5, 0.6) is 0 Å². The number of tetrazole rings is 1. The van der Waals surface area contributed by atoms with Crippen LogP contribution in [0.25, 0.3) is 5.69 Å². The van der Waals surface area contributed by atoms with Crippen LogP contribution in [0.1, 0.15) is 5.56 Å². The van der Waals surface area contributed by atoms with E-state index in [9.17, 15) is 4.79 Å². The second-order valence-electron chi connectivity index (χ2n) is 5.14. The normalized spacial score (nSPS) is 10.4. The highest BCUT2D eigenvalue weighted by Crippen LogP contribution is 2.18. The van der Waals surface area contributed by atoms with E-state index < -0.39 is 0 Å². The number of aromatic nitrogens is 4. The summed E-state index contributed by atoms with van der Waals surface area (Å²) in [7, 11) is 0. The number of halogens is 1. The summed E-state index contributed by atoms with van der Waals surface area (Å²) in [6, 6.07) is 13.4. The maximum Gasteiger partial charge on any atom is 0.243 e. The zero-order valence-electron chi connectivity index (χ0n) is 12.9. The predicted octanol–water partition coefficient (Wildman–Crippen LogP) is 2.63. The van der Waals surface area contributed by atoms with Crippen molar-refractivity contribution >= 4 is 39.9 Å². The zero-order valence-corrected chi connectivity index (χ0v) is 15.1. The number of amides is 1. The number of carbonyl (C=O) groups excluding carboxylic acids is 1. The van der Waals surface area contributed by atoms with Gasteiger partial charge >= 0.3 is 0 Å². The fourth-order valence-electron chi connectivity index (χ4n) is 2.23. The lowest BCUT2D eigenvalue weighted by atomic mass is 10.2. The molecule has 1 heterocycles. The minimum atomic E-state index is -0.0960. The van der Waals surface area contributed by atoms with Gasteiger partial charge in [0, 0.05) is 9.26 Å². The molecule has 24 heavy (non-hydrogen) atoms. The maximum absolute atomic E-state index is 12.1. The molecule has 0 aliphatic rings. The van der Waals surface area contributed by atoms with Crippen LogP contribution in [0.3, 0.4) is 0 Å². The van der Waals surface area contributed by atoms with Crippen LogP contribution in [0.15, 0.2) is 48.8 Å². The first-order chi connectivity index (χ1) is 11.6. The van der Waals surface area contributed by atoms with Gasteiger partial charge in [-0.2, -0.15) is 0 Å². The van der Waals surface area contributed by atoms with Crippen molar-refractivity contribution in [3.8, 4) is 5.69 Å². The van der Waals surface area contributed by atoms with E-state index in [0.717, 1.165) is 26.2 Å². The van der Waals surface area contributed by atoms with Gasteiger partial charge in [0.1, 0.15) is 6.33 Å². The van der Waals surface area contributed by atoms with Crippen molar-refractivity contribution < 1.29 is 4.79 Å². The highest BCUT2D eigenvalue weighted by atomic mass is 127.